The third-order valence-corrected chi connectivity index (χ3v) is 4.21. The molecule has 0 aliphatic carbocycles. The first-order valence-electron chi connectivity index (χ1n) is 8.07. The van der Waals surface area contributed by atoms with Gasteiger partial charge in [0.05, 0.1) is 32.7 Å². The Morgan fingerprint density at radius 3 is 2.79 bits per heavy atom. The topological polar surface area (TPSA) is 66.7 Å². The first-order valence-corrected chi connectivity index (χ1v) is 8.07. The maximum Gasteiger partial charge on any atom is 0.236 e. The van der Waals surface area contributed by atoms with Crippen LogP contribution in [0.3, 0.4) is 0 Å². The normalized spacial score (nSPS) is 15.3. The van der Waals surface area contributed by atoms with Gasteiger partial charge in [-0.2, -0.15) is 10.2 Å². The van der Waals surface area contributed by atoms with Crippen LogP contribution in [0.25, 0.3) is 0 Å². The average molecular weight is 331 g/mol. The predicted molar refractivity (Wildman–Crippen MR) is 85.4 cm³/mol. The smallest absolute Gasteiger partial charge is 0.236 e. The van der Waals surface area contributed by atoms with Crippen molar-refractivity contribution in [3.63, 3.8) is 0 Å². The molecule has 1 aliphatic rings. The van der Waals surface area contributed by atoms with E-state index in [9.17, 15) is 9.65 Å². The van der Waals surface area contributed by atoms with Crippen molar-refractivity contribution in [3.8, 4) is 11.8 Å². The monoisotopic (exact) mass is 331 g/mol. The molecule has 1 N–H and O–H groups in total. The van der Waals surface area contributed by atoms with Gasteiger partial charge in [0.25, 0.3) is 0 Å². The first kappa shape index (κ1) is 16.3. The molecule has 24 heavy (non-hydrogen) atoms. The molecule has 1 aromatic carbocycles. The summed E-state index contributed by atoms with van der Waals surface area (Å²) in [5, 5.41) is 9.28. The fourth-order valence-corrected chi connectivity index (χ4v) is 2.79. The van der Waals surface area contributed by atoms with Crippen LogP contribution in [0.5, 0.6) is 5.75 Å². The number of rotatable bonds is 5. The minimum atomic E-state index is -0.441. The number of hydrogen-bond acceptors (Lipinski definition) is 5. The molecule has 6 nitrogen and oxygen atoms in total. The number of aromatic nitrogens is 1. The second-order valence-corrected chi connectivity index (χ2v) is 5.68. The molecule has 0 amide bonds. The van der Waals surface area contributed by atoms with E-state index in [0.29, 0.717) is 5.88 Å². The highest BCUT2D eigenvalue weighted by molar-refractivity contribution is 5.48. The first-order chi connectivity index (χ1) is 11.7. The van der Waals surface area contributed by atoms with E-state index in [2.05, 4.69) is 18.0 Å². The Bertz CT molecular complexity index is 732. The highest BCUT2D eigenvalue weighted by atomic mass is 19.1. The third kappa shape index (κ3) is 3.49. The van der Waals surface area contributed by atoms with Gasteiger partial charge < -0.3 is 19.0 Å². The molecule has 1 aromatic heterocycles. The number of quaternary nitrogens is 1. The van der Waals surface area contributed by atoms with Gasteiger partial charge in [0.1, 0.15) is 6.07 Å². The molecule has 1 aliphatic heterocycles. The summed E-state index contributed by atoms with van der Waals surface area (Å²) < 4.78 is 24.7. The minimum Gasteiger partial charge on any atom is -0.481 e. The summed E-state index contributed by atoms with van der Waals surface area (Å²) in [7, 11) is 0. The molecule has 1 saturated heterocycles. The van der Waals surface area contributed by atoms with E-state index in [1.165, 1.54) is 17.0 Å². The van der Waals surface area contributed by atoms with Gasteiger partial charge in [0.2, 0.25) is 17.5 Å². The number of benzene rings is 1. The molecule has 7 heteroatoms. The SMILES string of the molecule is CC[NH+]1CCN(c2oc(COc3ccccc3F)nc2C#N)CC1. The molecule has 0 spiro atoms. The lowest BCUT2D eigenvalue weighted by Gasteiger charge is -2.31. The van der Waals surface area contributed by atoms with E-state index < -0.39 is 5.82 Å². The molecule has 1 fully saturated rings. The molecule has 2 aromatic rings. The second kappa shape index (κ2) is 7.32. The Labute approximate surface area is 140 Å². The van der Waals surface area contributed by atoms with Crippen molar-refractivity contribution >= 4 is 5.88 Å². The number of hydrogen-bond donors (Lipinski definition) is 1. The van der Waals surface area contributed by atoms with Crippen LogP contribution >= 0.6 is 0 Å². The van der Waals surface area contributed by atoms with Crippen LogP contribution in [0.15, 0.2) is 28.7 Å². The van der Waals surface area contributed by atoms with Crippen LogP contribution in [0.1, 0.15) is 18.5 Å². The van der Waals surface area contributed by atoms with Crippen molar-refractivity contribution < 1.29 is 18.4 Å². The largest absolute Gasteiger partial charge is 0.481 e. The Hall–Kier alpha value is -2.59. The predicted octanol–water partition coefficient (Wildman–Crippen LogP) is 0.989. The number of para-hydroxylation sites is 1. The van der Waals surface area contributed by atoms with Crippen LogP contribution < -0.4 is 14.5 Å². The second-order valence-electron chi connectivity index (χ2n) is 5.68. The number of nitriles is 1. The van der Waals surface area contributed by atoms with Crippen LogP contribution in [-0.4, -0.2) is 37.7 Å². The molecule has 3 rings (SSSR count). The van der Waals surface area contributed by atoms with Crippen LogP contribution in [0.4, 0.5) is 10.3 Å². The third-order valence-electron chi connectivity index (χ3n) is 4.21. The Kier molecular flexibility index (Phi) is 4.96. The lowest BCUT2D eigenvalue weighted by Crippen LogP contribution is -3.14. The summed E-state index contributed by atoms with van der Waals surface area (Å²) in [6.45, 7) is 6.89. The molecule has 0 saturated carbocycles. The van der Waals surface area contributed by atoms with Crippen molar-refractivity contribution in [1.29, 1.82) is 5.26 Å². The Morgan fingerprint density at radius 2 is 2.12 bits per heavy atom. The van der Waals surface area contributed by atoms with Crippen molar-refractivity contribution in [2.75, 3.05) is 37.6 Å². The Morgan fingerprint density at radius 1 is 1.38 bits per heavy atom. The van der Waals surface area contributed by atoms with Crippen LogP contribution in [0, 0.1) is 17.1 Å². The number of ether oxygens (including phenoxy) is 1. The van der Waals surface area contributed by atoms with E-state index in [1.54, 1.807) is 12.1 Å². The highest BCUT2D eigenvalue weighted by Gasteiger charge is 2.25. The number of anilines is 1. The van der Waals surface area contributed by atoms with Gasteiger partial charge in [0, 0.05) is 0 Å². The lowest BCUT2D eigenvalue weighted by atomic mass is 10.3. The lowest BCUT2D eigenvalue weighted by molar-refractivity contribution is -0.898. The van der Waals surface area contributed by atoms with Gasteiger partial charge >= 0.3 is 0 Å². The van der Waals surface area contributed by atoms with Gasteiger partial charge in [-0.15, -0.1) is 0 Å². The molecule has 0 unspecified atom stereocenters. The zero-order chi connectivity index (χ0) is 16.9. The van der Waals surface area contributed by atoms with Crippen LogP contribution in [0.2, 0.25) is 0 Å². The molecular weight excluding hydrogens is 311 g/mol. The summed E-state index contributed by atoms with van der Waals surface area (Å²) in [6.07, 6.45) is 0. The van der Waals surface area contributed by atoms with Crippen molar-refractivity contribution in [2.45, 2.75) is 13.5 Å². The fourth-order valence-electron chi connectivity index (χ4n) is 2.79. The maximum atomic E-state index is 13.6. The molecule has 126 valence electrons. The number of piperazine rings is 1. The average Bonchev–Trinajstić information content (AvgIpc) is 3.04. The summed E-state index contributed by atoms with van der Waals surface area (Å²) in [4.78, 5) is 7.74. The summed E-state index contributed by atoms with van der Waals surface area (Å²) in [6, 6.07) is 8.21. The zero-order valence-electron chi connectivity index (χ0n) is 13.6. The van der Waals surface area contributed by atoms with Gasteiger partial charge in [0.15, 0.2) is 18.2 Å². The van der Waals surface area contributed by atoms with E-state index >= 15 is 0 Å². The van der Waals surface area contributed by atoms with E-state index in [4.69, 9.17) is 9.15 Å². The molecule has 0 atom stereocenters. The standard InChI is InChI=1S/C17H19FN4O2/c1-2-21-7-9-22(10-8-21)17-14(11-19)20-16(24-17)12-23-15-6-4-3-5-13(15)18/h3-6H,2,7-10,12H2,1H3/p+1. The minimum absolute atomic E-state index is 0.0181. The van der Waals surface area contributed by atoms with Gasteiger partial charge in [-0.25, -0.2) is 4.39 Å². The van der Waals surface area contributed by atoms with Gasteiger partial charge in [-0.05, 0) is 19.1 Å². The van der Waals surface area contributed by atoms with Crippen LogP contribution in [-0.2, 0) is 6.61 Å². The van der Waals surface area contributed by atoms with E-state index in [-0.39, 0.29) is 23.9 Å². The van der Waals surface area contributed by atoms with Gasteiger partial charge in [-0.3, -0.25) is 0 Å². The molecule has 2 heterocycles. The number of nitrogens with zero attached hydrogens (tertiary/aromatic N) is 3. The van der Waals surface area contributed by atoms with E-state index in [0.717, 1.165) is 32.7 Å². The van der Waals surface area contributed by atoms with Crippen molar-refractivity contribution in [2.24, 2.45) is 0 Å². The molecule has 0 bridgehead atoms. The summed E-state index contributed by atoms with van der Waals surface area (Å²) in [5.74, 6) is 0.453. The highest BCUT2D eigenvalue weighted by Crippen LogP contribution is 2.23. The fraction of sp³-hybridized carbons (Fsp3) is 0.412. The zero-order valence-corrected chi connectivity index (χ0v) is 13.6. The van der Waals surface area contributed by atoms with Crippen molar-refractivity contribution in [1.82, 2.24) is 4.98 Å². The molecule has 0 radical (unpaired) electrons. The van der Waals surface area contributed by atoms with Crippen molar-refractivity contribution in [3.05, 3.63) is 41.7 Å². The molecular formula is C17H20FN4O2+. The Balaban J connectivity index is 1.69. The number of likely N-dealkylation sites (N-methyl/N-ethyl adjacent to an activating group) is 1. The maximum absolute atomic E-state index is 13.6. The number of halogens is 1. The van der Waals surface area contributed by atoms with Gasteiger partial charge in [-0.1, -0.05) is 12.1 Å². The summed E-state index contributed by atoms with van der Waals surface area (Å²) in [5.41, 5.74) is 0.252. The quantitative estimate of drug-likeness (QED) is 0.885. The summed E-state index contributed by atoms with van der Waals surface area (Å²) >= 11 is 0. The van der Waals surface area contributed by atoms with E-state index in [1.807, 2.05) is 4.90 Å². The number of nitrogens with one attached hydrogen (secondary N) is 1. The number of oxazole rings is 1.